The summed E-state index contributed by atoms with van der Waals surface area (Å²) >= 11 is 0. The highest BCUT2D eigenvalue weighted by molar-refractivity contribution is 5.85. The van der Waals surface area contributed by atoms with E-state index >= 15 is 0 Å². The minimum absolute atomic E-state index is 0. The lowest BCUT2D eigenvalue weighted by molar-refractivity contribution is -0.122. The van der Waals surface area contributed by atoms with Gasteiger partial charge in [0, 0.05) is 12.6 Å². The number of nitrogens with zero attached hydrogens (tertiary/aromatic N) is 1. The molecule has 4 nitrogen and oxygen atoms in total. The van der Waals surface area contributed by atoms with Crippen LogP contribution >= 0.6 is 24.8 Å². The Kier molecular flexibility index (Phi) is 11.5. The van der Waals surface area contributed by atoms with Crippen LogP contribution in [-0.4, -0.2) is 43.0 Å². The normalized spacial score (nSPS) is 24.3. The van der Waals surface area contributed by atoms with Crippen LogP contribution in [0.2, 0.25) is 0 Å². The molecule has 1 atom stereocenters. The van der Waals surface area contributed by atoms with Crippen molar-refractivity contribution in [3.8, 4) is 0 Å². The number of rotatable bonds is 4. The van der Waals surface area contributed by atoms with Gasteiger partial charge in [0.2, 0.25) is 5.91 Å². The van der Waals surface area contributed by atoms with Crippen molar-refractivity contribution < 1.29 is 4.79 Å². The highest BCUT2D eigenvalue weighted by Gasteiger charge is 2.23. The highest BCUT2D eigenvalue weighted by atomic mass is 35.5. The van der Waals surface area contributed by atoms with E-state index in [2.05, 4.69) is 10.2 Å². The van der Waals surface area contributed by atoms with Crippen molar-refractivity contribution in [2.45, 2.75) is 57.4 Å². The van der Waals surface area contributed by atoms with Crippen molar-refractivity contribution in [2.24, 2.45) is 11.7 Å². The number of hydrogen-bond acceptors (Lipinski definition) is 3. The second-order valence-corrected chi connectivity index (χ2v) is 6.24. The van der Waals surface area contributed by atoms with E-state index in [1.54, 1.807) is 0 Å². The summed E-state index contributed by atoms with van der Waals surface area (Å²) in [6.45, 7) is 3.34. The van der Waals surface area contributed by atoms with Gasteiger partial charge >= 0.3 is 0 Å². The molecule has 3 N–H and O–H groups in total. The lowest BCUT2D eigenvalue weighted by atomic mass is 9.97. The fraction of sp³-hybridized carbons (Fsp3) is 0.933. The maximum Gasteiger partial charge on any atom is 0.234 e. The van der Waals surface area contributed by atoms with Gasteiger partial charge in [0.1, 0.15) is 0 Å². The van der Waals surface area contributed by atoms with Crippen molar-refractivity contribution in [2.75, 3.05) is 26.2 Å². The molecule has 0 radical (unpaired) electrons. The number of carbonyl (C=O) groups is 1. The standard InChI is InChI=1S/C15H29N3O.2ClH/c16-10-13-8-9-18(11-13)12-15(19)17-14-6-4-2-1-3-5-7-14;;/h13-14H,1-12,16H2,(H,17,19);2*1H. The molecule has 0 aromatic heterocycles. The summed E-state index contributed by atoms with van der Waals surface area (Å²) in [7, 11) is 0. The molecule has 0 aromatic carbocycles. The first-order valence-corrected chi connectivity index (χ1v) is 7.99. The number of hydrogen-bond donors (Lipinski definition) is 2. The van der Waals surface area contributed by atoms with Gasteiger partial charge in [-0.25, -0.2) is 0 Å². The van der Waals surface area contributed by atoms with Crippen LogP contribution in [0.5, 0.6) is 0 Å². The summed E-state index contributed by atoms with van der Waals surface area (Å²) in [5.41, 5.74) is 5.68. The van der Waals surface area contributed by atoms with E-state index < -0.39 is 0 Å². The fourth-order valence-corrected chi connectivity index (χ4v) is 3.33. The number of carbonyl (C=O) groups excluding carboxylic acids is 1. The third kappa shape index (κ3) is 7.68. The molecule has 2 fully saturated rings. The molecule has 0 bridgehead atoms. The van der Waals surface area contributed by atoms with E-state index in [4.69, 9.17) is 5.73 Å². The van der Waals surface area contributed by atoms with Gasteiger partial charge in [-0.2, -0.15) is 0 Å². The zero-order valence-electron chi connectivity index (χ0n) is 12.9. The van der Waals surface area contributed by atoms with Crippen molar-refractivity contribution in [1.82, 2.24) is 10.2 Å². The summed E-state index contributed by atoms with van der Waals surface area (Å²) in [6.07, 6.45) is 10.0. The van der Waals surface area contributed by atoms with Crippen molar-refractivity contribution >= 4 is 30.7 Å². The minimum Gasteiger partial charge on any atom is -0.352 e. The minimum atomic E-state index is 0. The molecule has 126 valence electrons. The van der Waals surface area contributed by atoms with Crippen LogP contribution in [0.25, 0.3) is 0 Å². The molecule has 21 heavy (non-hydrogen) atoms. The van der Waals surface area contributed by atoms with E-state index in [1.165, 1.54) is 32.1 Å². The first-order valence-electron chi connectivity index (χ1n) is 7.99. The summed E-state index contributed by atoms with van der Waals surface area (Å²) in [5, 5.41) is 3.23. The molecular weight excluding hydrogens is 309 g/mol. The molecule has 1 aliphatic heterocycles. The largest absolute Gasteiger partial charge is 0.352 e. The van der Waals surface area contributed by atoms with Crippen molar-refractivity contribution in [1.29, 1.82) is 0 Å². The summed E-state index contributed by atoms with van der Waals surface area (Å²) in [6, 6.07) is 0.417. The van der Waals surface area contributed by atoms with Gasteiger partial charge in [0.25, 0.3) is 0 Å². The Morgan fingerprint density at radius 1 is 1.05 bits per heavy atom. The van der Waals surface area contributed by atoms with Gasteiger partial charge in [-0.1, -0.05) is 32.1 Å². The number of halogens is 2. The molecule has 2 aliphatic rings. The quantitative estimate of drug-likeness (QED) is 0.826. The van der Waals surface area contributed by atoms with Crippen molar-refractivity contribution in [3.05, 3.63) is 0 Å². The SMILES string of the molecule is Cl.Cl.NCC1CCN(CC(=O)NC2CCCCCCC2)C1. The first-order chi connectivity index (χ1) is 9.28. The zero-order chi connectivity index (χ0) is 13.5. The molecule has 0 spiro atoms. The Hall–Kier alpha value is -0.0300. The smallest absolute Gasteiger partial charge is 0.234 e. The Morgan fingerprint density at radius 2 is 1.67 bits per heavy atom. The van der Waals surface area contributed by atoms with Crippen LogP contribution in [-0.2, 0) is 4.79 Å². The maximum atomic E-state index is 12.1. The monoisotopic (exact) mass is 339 g/mol. The lowest BCUT2D eigenvalue weighted by Gasteiger charge is -2.23. The molecular formula is C15H31Cl2N3O. The van der Waals surface area contributed by atoms with Gasteiger partial charge in [-0.15, -0.1) is 24.8 Å². The van der Waals surface area contributed by atoms with Gasteiger partial charge in [0.15, 0.2) is 0 Å². The fourth-order valence-electron chi connectivity index (χ4n) is 3.33. The highest BCUT2D eigenvalue weighted by Crippen LogP contribution is 2.17. The third-order valence-corrected chi connectivity index (χ3v) is 4.54. The van der Waals surface area contributed by atoms with Crippen LogP contribution in [0.3, 0.4) is 0 Å². The predicted octanol–water partition coefficient (Wildman–Crippen LogP) is 2.34. The van der Waals surface area contributed by atoms with Crippen LogP contribution in [0, 0.1) is 5.92 Å². The predicted molar refractivity (Wildman–Crippen MR) is 92.3 cm³/mol. The topological polar surface area (TPSA) is 58.4 Å². The molecule has 1 amide bonds. The van der Waals surface area contributed by atoms with Crippen LogP contribution in [0.1, 0.15) is 51.4 Å². The number of nitrogens with two attached hydrogens (primary N) is 1. The number of nitrogens with one attached hydrogen (secondary N) is 1. The van der Waals surface area contributed by atoms with Crippen LogP contribution in [0.15, 0.2) is 0 Å². The number of amides is 1. The molecule has 1 unspecified atom stereocenters. The van der Waals surface area contributed by atoms with Crippen molar-refractivity contribution in [3.63, 3.8) is 0 Å². The Balaban J connectivity index is 0.00000200. The maximum absolute atomic E-state index is 12.1. The molecule has 1 aliphatic carbocycles. The van der Waals surface area contributed by atoms with Crippen LogP contribution < -0.4 is 11.1 Å². The van der Waals surface area contributed by atoms with Gasteiger partial charge < -0.3 is 11.1 Å². The Labute approximate surface area is 141 Å². The average molecular weight is 340 g/mol. The molecule has 1 saturated carbocycles. The van der Waals surface area contributed by atoms with E-state index in [1.807, 2.05) is 0 Å². The molecule has 2 rings (SSSR count). The second kappa shape index (κ2) is 11.5. The Bertz CT molecular complexity index is 284. The summed E-state index contributed by atoms with van der Waals surface area (Å²) in [4.78, 5) is 14.3. The zero-order valence-corrected chi connectivity index (χ0v) is 14.5. The van der Waals surface area contributed by atoms with E-state index in [0.717, 1.165) is 38.9 Å². The summed E-state index contributed by atoms with van der Waals surface area (Å²) in [5.74, 6) is 0.803. The van der Waals surface area contributed by atoms with Gasteiger partial charge in [-0.05, 0) is 38.3 Å². The van der Waals surface area contributed by atoms with Gasteiger partial charge in [-0.3, -0.25) is 9.69 Å². The Morgan fingerprint density at radius 3 is 2.24 bits per heavy atom. The van der Waals surface area contributed by atoms with Crippen LogP contribution in [0.4, 0.5) is 0 Å². The molecule has 1 heterocycles. The lowest BCUT2D eigenvalue weighted by Crippen LogP contribution is -2.42. The number of likely N-dealkylation sites (tertiary alicyclic amines) is 1. The second-order valence-electron chi connectivity index (χ2n) is 6.24. The molecule has 6 heteroatoms. The molecule has 0 aromatic rings. The van der Waals surface area contributed by atoms with E-state index in [0.29, 0.717) is 18.5 Å². The van der Waals surface area contributed by atoms with Gasteiger partial charge in [0.05, 0.1) is 6.54 Å². The molecule has 1 saturated heterocycles. The average Bonchev–Trinajstić information content (AvgIpc) is 2.80. The van der Waals surface area contributed by atoms with E-state index in [-0.39, 0.29) is 30.7 Å². The van der Waals surface area contributed by atoms with E-state index in [9.17, 15) is 4.79 Å². The summed E-state index contributed by atoms with van der Waals surface area (Å²) < 4.78 is 0. The third-order valence-electron chi connectivity index (χ3n) is 4.54. The first kappa shape index (κ1) is 21.0.